The maximum Gasteiger partial charge on any atom is 0.256 e. The first kappa shape index (κ1) is 23.9. The normalized spacial score (nSPS) is 15.6. The summed E-state index contributed by atoms with van der Waals surface area (Å²) in [5.41, 5.74) is 2.28. The van der Waals surface area contributed by atoms with Crippen molar-refractivity contribution >= 4 is 11.8 Å². The largest absolute Gasteiger partial charge is 0.354 e. The molecule has 172 valence electrons. The summed E-state index contributed by atoms with van der Waals surface area (Å²) in [6, 6.07) is 11.5. The highest BCUT2D eigenvalue weighted by Crippen LogP contribution is 2.22. The first-order chi connectivity index (χ1) is 15.3. The van der Waals surface area contributed by atoms with Crippen molar-refractivity contribution in [1.82, 2.24) is 15.1 Å². The number of likely N-dealkylation sites (tertiary alicyclic amines) is 1. The number of nitrogens with one attached hydrogen (secondary N) is 1. The van der Waals surface area contributed by atoms with Crippen molar-refractivity contribution in [3.8, 4) is 0 Å². The van der Waals surface area contributed by atoms with Gasteiger partial charge in [0.2, 0.25) is 5.91 Å². The van der Waals surface area contributed by atoms with Crippen LogP contribution in [0.1, 0.15) is 47.3 Å². The SMILES string of the molecule is CCc1ccc(C(CNC(=O)C2CCN(C(=O)c3ccc(F)cc3F)CC2)N(C)C)cc1. The molecule has 7 heteroatoms. The van der Waals surface area contributed by atoms with Crippen LogP contribution in [0.3, 0.4) is 0 Å². The van der Waals surface area contributed by atoms with Gasteiger partial charge in [-0.3, -0.25) is 9.59 Å². The van der Waals surface area contributed by atoms with E-state index in [-0.39, 0.29) is 23.4 Å². The Morgan fingerprint density at radius 3 is 2.31 bits per heavy atom. The smallest absolute Gasteiger partial charge is 0.256 e. The highest BCUT2D eigenvalue weighted by atomic mass is 19.1. The van der Waals surface area contributed by atoms with Crippen molar-refractivity contribution in [2.75, 3.05) is 33.7 Å². The van der Waals surface area contributed by atoms with E-state index in [0.717, 1.165) is 18.1 Å². The molecule has 5 nitrogen and oxygen atoms in total. The number of nitrogens with zero attached hydrogens (tertiary/aromatic N) is 2. The number of piperidine rings is 1. The second kappa shape index (κ2) is 10.7. The Morgan fingerprint density at radius 2 is 1.75 bits per heavy atom. The van der Waals surface area contributed by atoms with Crippen LogP contribution in [0.15, 0.2) is 42.5 Å². The molecule has 2 aromatic carbocycles. The molecule has 0 radical (unpaired) electrons. The monoisotopic (exact) mass is 443 g/mol. The first-order valence-corrected chi connectivity index (χ1v) is 11.1. The summed E-state index contributed by atoms with van der Waals surface area (Å²) in [4.78, 5) is 28.9. The maximum atomic E-state index is 13.9. The minimum absolute atomic E-state index is 0.0258. The van der Waals surface area contributed by atoms with E-state index in [1.807, 2.05) is 14.1 Å². The Labute approximate surface area is 188 Å². The van der Waals surface area contributed by atoms with Crippen molar-refractivity contribution in [1.29, 1.82) is 0 Å². The molecule has 1 aliphatic rings. The van der Waals surface area contributed by atoms with Gasteiger partial charge in [-0.1, -0.05) is 31.2 Å². The van der Waals surface area contributed by atoms with Gasteiger partial charge in [0.15, 0.2) is 0 Å². The number of halogens is 2. The van der Waals surface area contributed by atoms with Gasteiger partial charge in [-0.25, -0.2) is 8.78 Å². The van der Waals surface area contributed by atoms with E-state index in [1.54, 1.807) is 0 Å². The molecule has 0 aromatic heterocycles. The van der Waals surface area contributed by atoms with Crippen molar-refractivity contribution in [3.05, 3.63) is 70.8 Å². The average Bonchev–Trinajstić information content (AvgIpc) is 2.79. The molecule has 1 N–H and O–H groups in total. The van der Waals surface area contributed by atoms with E-state index in [0.29, 0.717) is 38.5 Å². The molecule has 0 aliphatic carbocycles. The van der Waals surface area contributed by atoms with Crippen LogP contribution in [0.4, 0.5) is 8.78 Å². The first-order valence-electron chi connectivity index (χ1n) is 11.1. The van der Waals surface area contributed by atoms with Gasteiger partial charge in [-0.15, -0.1) is 0 Å². The zero-order valence-corrected chi connectivity index (χ0v) is 18.9. The van der Waals surface area contributed by atoms with Gasteiger partial charge in [0.25, 0.3) is 5.91 Å². The van der Waals surface area contributed by atoms with Crippen molar-refractivity contribution < 1.29 is 18.4 Å². The predicted octanol–water partition coefficient (Wildman–Crippen LogP) is 3.80. The van der Waals surface area contributed by atoms with Gasteiger partial charge >= 0.3 is 0 Å². The van der Waals surface area contributed by atoms with Crippen LogP contribution in [-0.2, 0) is 11.2 Å². The zero-order valence-electron chi connectivity index (χ0n) is 18.9. The lowest BCUT2D eigenvalue weighted by Gasteiger charge is -2.32. The summed E-state index contributed by atoms with van der Waals surface area (Å²) in [5, 5.41) is 3.07. The molecule has 2 aromatic rings. The number of hydrogen-bond donors (Lipinski definition) is 1. The number of rotatable bonds is 7. The van der Waals surface area contributed by atoms with Crippen molar-refractivity contribution in [2.24, 2.45) is 5.92 Å². The third-order valence-electron chi connectivity index (χ3n) is 6.18. The third-order valence-corrected chi connectivity index (χ3v) is 6.18. The predicted molar refractivity (Wildman–Crippen MR) is 120 cm³/mol. The van der Waals surface area contributed by atoms with Gasteiger partial charge < -0.3 is 15.1 Å². The van der Waals surface area contributed by atoms with Gasteiger partial charge in [0.1, 0.15) is 11.6 Å². The summed E-state index contributed by atoms with van der Waals surface area (Å²) in [6.45, 7) is 3.34. The van der Waals surface area contributed by atoms with Crippen LogP contribution in [0.25, 0.3) is 0 Å². The second-order valence-electron chi connectivity index (χ2n) is 8.51. The van der Waals surface area contributed by atoms with E-state index in [4.69, 9.17) is 0 Å². The molecule has 1 atom stereocenters. The van der Waals surface area contributed by atoms with Crippen molar-refractivity contribution in [2.45, 2.75) is 32.2 Å². The molecular formula is C25H31F2N3O2. The molecule has 1 unspecified atom stereocenters. The summed E-state index contributed by atoms with van der Waals surface area (Å²) in [5.74, 6) is -2.27. The van der Waals surface area contributed by atoms with E-state index < -0.39 is 17.5 Å². The van der Waals surface area contributed by atoms with Crippen LogP contribution in [-0.4, -0.2) is 55.3 Å². The minimum Gasteiger partial charge on any atom is -0.354 e. The summed E-state index contributed by atoms with van der Waals surface area (Å²) in [6.07, 6.45) is 2.01. The van der Waals surface area contributed by atoms with Gasteiger partial charge in [0, 0.05) is 31.6 Å². The number of likely N-dealkylation sites (N-methyl/N-ethyl adjacent to an activating group) is 1. The molecule has 0 bridgehead atoms. The molecule has 1 saturated heterocycles. The Morgan fingerprint density at radius 1 is 1.09 bits per heavy atom. The summed E-state index contributed by atoms with van der Waals surface area (Å²) in [7, 11) is 3.98. The Kier molecular flexibility index (Phi) is 7.96. The van der Waals surface area contributed by atoms with Crippen LogP contribution in [0.5, 0.6) is 0 Å². The quantitative estimate of drug-likeness (QED) is 0.708. The minimum atomic E-state index is -0.864. The topological polar surface area (TPSA) is 52.7 Å². The molecule has 1 aliphatic heterocycles. The fraction of sp³-hybridized carbons (Fsp3) is 0.440. The highest BCUT2D eigenvalue weighted by Gasteiger charge is 2.29. The number of hydrogen-bond acceptors (Lipinski definition) is 3. The molecular weight excluding hydrogens is 412 g/mol. The third kappa shape index (κ3) is 5.71. The zero-order chi connectivity index (χ0) is 23.3. The summed E-state index contributed by atoms with van der Waals surface area (Å²) >= 11 is 0. The Balaban J connectivity index is 1.53. The van der Waals surface area contributed by atoms with Gasteiger partial charge in [-0.2, -0.15) is 0 Å². The second-order valence-corrected chi connectivity index (χ2v) is 8.51. The molecule has 3 rings (SSSR count). The van der Waals surface area contributed by atoms with Crippen molar-refractivity contribution in [3.63, 3.8) is 0 Å². The van der Waals surface area contributed by atoms with Crippen LogP contribution >= 0.6 is 0 Å². The van der Waals surface area contributed by atoms with Crippen LogP contribution < -0.4 is 5.32 Å². The van der Waals surface area contributed by atoms with Gasteiger partial charge in [0.05, 0.1) is 11.6 Å². The molecule has 1 fully saturated rings. The summed E-state index contributed by atoms with van der Waals surface area (Å²) < 4.78 is 27.0. The van der Waals surface area contributed by atoms with E-state index >= 15 is 0 Å². The fourth-order valence-corrected chi connectivity index (χ4v) is 4.09. The van der Waals surface area contributed by atoms with E-state index in [9.17, 15) is 18.4 Å². The van der Waals surface area contributed by atoms with Crippen LogP contribution in [0.2, 0.25) is 0 Å². The Hall–Kier alpha value is -2.80. The number of amides is 2. The standard InChI is InChI=1S/C25H31F2N3O2/c1-4-17-5-7-18(8-6-17)23(29(2)3)16-28-24(31)19-11-13-30(14-12-19)25(32)21-10-9-20(26)15-22(21)27/h5-10,15,19,23H,4,11-14,16H2,1-3H3,(H,28,31). The maximum absolute atomic E-state index is 13.9. The lowest BCUT2D eigenvalue weighted by molar-refractivity contribution is -0.126. The molecule has 32 heavy (non-hydrogen) atoms. The fourth-order valence-electron chi connectivity index (χ4n) is 4.09. The molecule has 0 saturated carbocycles. The average molecular weight is 444 g/mol. The number of carbonyl (C=O) groups is 2. The molecule has 0 spiro atoms. The number of carbonyl (C=O) groups excluding carboxylic acids is 2. The van der Waals surface area contributed by atoms with E-state index in [2.05, 4.69) is 41.4 Å². The lowest BCUT2D eigenvalue weighted by atomic mass is 9.95. The highest BCUT2D eigenvalue weighted by molar-refractivity contribution is 5.94. The Bertz CT molecular complexity index is 939. The van der Waals surface area contributed by atoms with Gasteiger partial charge in [-0.05, 0) is 56.6 Å². The van der Waals surface area contributed by atoms with E-state index in [1.165, 1.54) is 16.5 Å². The number of benzene rings is 2. The number of aryl methyl sites for hydroxylation is 1. The molecule has 2 amide bonds. The van der Waals surface area contributed by atoms with Crippen LogP contribution in [0, 0.1) is 17.6 Å². The lowest BCUT2D eigenvalue weighted by Crippen LogP contribution is -2.44. The molecule has 1 heterocycles.